The van der Waals surface area contributed by atoms with Crippen LogP contribution in [0.2, 0.25) is 0 Å². The Morgan fingerprint density at radius 3 is 2.68 bits per heavy atom. The van der Waals surface area contributed by atoms with Crippen LogP contribution in [-0.2, 0) is 14.6 Å². The first-order chi connectivity index (χ1) is 10.4. The molecule has 1 aliphatic rings. The molecule has 1 aliphatic carbocycles. The van der Waals surface area contributed by atoms with Crippen LogP contribution in [0.5, 0.6) is 0 Å². The molecule has 1 atom stereocenters. The SMILES string of the molecule is CCC(C)S(=O)(=O)c1nnc(NC(=O)CCC2CCCC2)s1. The van der Waals surface area contributed by atoms with Crippen LogP contribution in [0.4, 0.5) is 5.13 Å². The minimum Gasteiger partial charge on any atom is -0.301 e. The van der Waals surface area contributed by atoms with E-state index in [9.17, 15) is 13.2 Å². The molecule has 6 nitrogen and oxygen atoms in total. The normalized spacial score (nSPS) is 17.5. The lowest BCUT2D eigenvalue weighted by molar-refractivity contribution is -0.116. The van der Waals surface area contributed by atoms with E-state index in [1.807, 2.05) is 6.92 Å². The molecule has 1 saturated carbocycles. The van der Waals surface area contributed by atoms with E-state index in [0.717, 1.165) is 17.8 Å². The maximum Gasteiger partial charge on any atom is 0.234 e. The Morgan fingerprint density at radius 2 is 2.05 bits per heavy atom. The molecule has 8 heteroatoms. The average molecular weight is 345 g/mol. The number of anilines is 1. The molecule has 0 aliphatic heterocycles. The van der Waals surface area contributed by atoms with E-state index >= 15 is 0 Å². The number of hydrogen-bond acceptors (Lipinski definition) is 6. The Morgan fingerprint density at radius 1 is 1.36 bits per heavy atom. The van der Waals surface area contributed by atoms with Crippen molar-refractivity contribution in [3.8, 4) is 0 Å². The Labute approximate surface area is 135 Å². The minimum atomic E-state index is -3.44. The predicted molar refractivity (Wildman–Crippen MR) is 86.7 cm³/mol. The van der Waals surface area contributed by atoms with E-state index in [4.69, 9.17) is 0 Å². The maximum absolute atomic E-state index is 12.2. The van der Waals surface area contributed by atoms with Gasteiger partial charge in [0.1, 0.15) is 0 Å². The average Bonchev–Trinajstić information content (AvgIpc) is 3.15. The van der Waals surface area contributed by atoms with Gasteiger partial charge in [-0.2, -0.15) is 0 Å². The second-order valence-electron chi connectivity index (χ2n) is 5.87. The molecule has 0 aromatic carbocycles. The van der Waals surface area contributed by atoms with Gasteiger partial charge >= 0.3 is 0 Å². The van der Waals surface area contributed by atoms with Gasteiger partial charge in [0.15, 0.2) is 0 Å². The van der Waals surface area contributed by atoms with Crippen LogP contribution in [0.25, 0.3) is 0 Å². The van der Waals surface area contributed by atoms with Gasteiger partial charge < -0.3 is 5.32 Å². The van der Waals surface area contributed by atoms with Crippen molar-refractivity contribution in [2.45, 2.75) is 68.4 Å². The molecule has 0 saturated heterocycles. The number of nitrogens with one attached hydrogen (secondary N) is 1. The van der Waals surface area contributed by atoms with Gasteiger partial charge in [-0.1, -0.05) is 43.9 Å². The minimum absolute atomic E-state index is 0.0204. The summed E-state index contributed by atoms with van der Waals surface area (Å²) in [5, 5.41) is 9.91. The van der Waals surface area contributed by atoms with Crippen LogP contribution in [0.15, 0.2) is 4.34 Å². The standard InChI is InChI=1S/C14H23N3O3S2/c1-3-10(2)22(19,20)14-17-16-13(21-14)15-12(18)9-8-11-6-4-5-7-11/h10-11H,3-9H2,1-2H3,(H,15,16,18). The maximum atomic E-state index is 12.2. The third-order valence-electron chi connectivity index (χ3n) is 4.26. The topological polar surface area (TPSA) is 89.0 Å². The molecule has 0 bridgehead atoms. The van der Waals surface area contributed by atoms with Crippen LogP contribution >= 0.6 is 11.3 Å². The second kappa shape index (κ2) is 7.50. The summed E-state index contributed by atoms with van der Waals surface area (Å²) in [6.45, 7) is 3.46. The van der Waals surface area contributed by atoms with Crippen molar-refractivity contribution >= 4 is 32.2 Å². The van der Waals surface area contributed by atoms with Crippen molar-refractivity contribution in [2.24, 2.45) is 5.92 Å². The molecule has 1 N–H and O–H groups in total. The van der Waals surface area contributed by atoms with Crippen LogP contribution in [0.1, 0.15) is 58.8 Å². The largest absolute Gasteiger partial charge is 0.301 e. The number of carbonyl (C=O) groups is 1. The van der Waals surface area contributed by atoms with Gasteiger partial charge in [0, 0.05) is 6.42 Å². The molecular weight excluding hydrogens is 322 g/mol. The third kappa shape index (κ3) is 4.25. The molecule has 1 aromatic heterocycles. The molecule has 22 heavy (non-hydrogen) atoms. The van der Waals surface area contributed by atoms with Crippen molar-refractivity contribution in [2.75, 3.05) is 5.32 Å². The van der Waals surface area contributed by atoms with Gasteiger partial charge in [0.25, 0.3) is 0 Å². The first-order valence-corrected chi connectivity index (χ1v) is 10.2. The summed E-state index contributed by atoms with van der Waals surface area (Å²) < 4.78 is 24.3. The van der Waals surface area contributed by atoms with Crippen LogP contribution in [0, 0.1) is 5.92 Å². The van der Waals surface area contributed by atoms with Crippen molar-refractivity contribution in [1.29, 1.82) is 0 Å². The van der Waals surface area contributed by atoms with Gasteiger partial charge in [0.2, 0.25) is 25.2 Å². The molecule has 124 valence electrons. The van der Waals surface area contributed by atoms with Gasteiger partial charge in [-0.05, 0) is 25.7 Å². The highest BCUT2D eigenvalue weighted by atomic mass is 32.2. The number of nitrogens with zero attached hydrogens (tertiary/aromatic N) is 2. The molecular formula is C14H23N3O3S2. The zero-order chi connectivity index (χ0) is 16.2. The van der Waals surface area contributed by atoms with E-state index in [0.29, 0.717) is 18.8 Å². The van der Waals surface area contributed by atoms with Gasteiger partial charge in [0.05, 0.1) is 5.25 Å². The number of rotatable bonds is 7. The summed E-state index contributed by atoms with van der Waals surface area (Å²) in [6, 6.07) is 0. The summed E-state index contributed by atoms with van der Waals surface area (Å²) in [7, 11) is -3.44. The number of sulfone groups is 1. The number of hydrogen-bond donors (Lipinski definition) is 1. The highest BCUT2D eigenvalue weighted by Gasteiger charge is 2.26. The Hall–Kier alpha value is -1.02. The van der Waals surface area contributed by atoms with E-state index in [2.05, 4.69) is 15.5 Å². The molecule has 0 spiro atoms. The zero-order valence-corrected chi connectivity index (χ0v) is 14.7. The third-order valence-corrected chi connectivity index (χ3v) is 7.80. The second-order valence-corrected chi connectivity index (χ2v) is 9.39. The van der Waals surface area contributed by atoms with Crippen molar-refractivity contribution < 1.29 is 13.2 Å². The van der Waals surface area contributed by atoms with Crippen LogP contribution in [-0.4, -0.2) is 29.8 Å². The number of amides is 1. The Kier molecular flexibility index (Phi) is 5.91. The summed E-state index contributed by atoms with van der Waals surface area (Å²) in [4.78, 5) is 11.9. The summed E-state index contributed by atoms with van der Waals surface area (Å²) in [5.74, 6) is 0.539. The summed E-state index contributed by atoms with van der Waals surface area (Å²) >= 11 is 0.928. The van der Waals surface area contributed by atoms with E-state index < -0.39 is 15.1 Å². The first kappa shape index (κ1) is 17.3. The van der Waals surface area contributed by atoms with Gasteiger partial charge in [-0.3, -0.25) is 4.79 Å². The molecule has 1 aromatic rings. The predicted octanol–water partition coefficient (Wildman–Crippen LogP) is 3.02. The molecule has 1 fully saturated rings. The van der Waals surface area contributed by atoms with Crippen molar-refractivity contribution in [3.05, 3.63) is 0 Å². The number of aromatic nitrogens is 2. The Balaban J connectivity index is 1.90. The van der Waals surface area contributed by atoms with Gasteiger partial charge in [-0.25, -0.2) is 8.42 Å². The highest BCUT2D eigenvalue weighted by molar-refractivity contribution is 7.94. The summed E-state index contributed by atoms with van der Waals surface area (Å²) in [6.07, 6.45) is 6.82. The lowest BCUT2D eigenvalue weighted by atomic mass is 10.0. The summed E-state index contributed by atoms with van der Waals surface area (Å²) in [5.41, 5.74) is 0. The monoisotopic (exact) mass is 345 g/mol. The van der Waals surface area contributed by atoms with Crippen molar-refractivity contribution in [1.82, 2.24) is 10.2 Å². The zero-order valence-electron chi connectivity index (χ0n) is 13.0. The van der Waals surface area contributed by atoms with E-state index in [1.54, 1.807) is 6.92 Å². The van der Waals surface area contributed by atoms with Crippen LogP contribution < -0.4 is 5.32 Å². The molecule has 0 radical (unpaired) electrons. The van der Waals surface area contributed by atoms with Crippen molar-refractivity contribution in [3.63, 3.8) is 0 Å². The highest BCUT2D eigenvalue weighted by Crippen LogP contribution is 2.29. The smallest absolute Gasteiger partial charge is 0.234 e. The quantitative estimate of drug-likeness (QED) is 0.767. The molecule has 1 amide bonds. The Bertz CT molecular complexity index is 607. The lowest BCUT2D eigenvalue weighted by Crippen LogP contribution is -2.16. The lowest BCUT2D eigenvalue weighted by Gasteiger charge is -2.07. The van der Waals surface area contributed by atoms with Crippen LogP contribution in [0.3, 0.4) is 0 Å². The number of carbonyl (C=O) groups excluding carboxylic acids is 1. The van der Waals surface area contributed by atoms with Gasteiger partial charge in [-0.15, -0.1) is 10.2 Å². The fourth-order valence-electron chi connectivity index (χ4n) is 2.58. The molecule has 1 heterocycles. The fourth-order valence-corrected chi connectivity index (χ4v) is 5.21. The molecule has 2 rings (SSSR count). The first-order valence-electron chi connectivity index (χ1n) is 7.80. The van der Waals surface area contributed by atoms with E-state index in [-0.39, 0.29) is 15.4 Å². The van der Waals surface area contributed by atoms with E-state index in [1.165, 1.54) is 25.7 Å². The molecule has 1 unspecified atom stereocenters. The fraction of sp³-hybridized carbons (Fsp3) is 0.786.